The van der Waals surface area contributed by atoms with Gasteiger partial charge in [-0.15, -0.1) is 0 Å². The maximum absolute atomic E-state index is 14.6. The second-order valence-electron chi connectivity index (χ2n) is 9.14. The number of halogens is 3. The highest BCUT2D eigenvalue weighted by atomic mass is 35.5. The van der Waals surface area contributed by atoms with E-state index in [0.717, 1.165) is 5.01 Å². The van der Waals surface area contributed by atoms with Gasteiger partial charge in [0, 0.05) is 21.5 Å². The Morgan fingerprint density at radius 2 is 1.74 bits per heavy atom. The Hall–Kier alpha value is -3.45. The predicted molar refractivity (Wildman–Crippen MR) is 149 cm³/mol. The van der Waals surface area contributed by atoms with Crippen molar-refractivity contribution >= 4 is 52.3 Å². The van der Waals surface area contributed by atoms with Gasteiger partial charge in [0.15, 0.2) is 0 Å². The van der Waals surface area contributed by atoms with E-state index in [2.05, 4.69) is 12.0 Å². The van der Waals surface area contributed by atoms with Crippen LogP contribution in [-0.4, -0.2) is 29.0 Å². The molecule has 6 nitrogen and oxygen atoms in total. The third-order valence-corrected chi connectivity index (χ3v) is 8.05. The Kier molecular flexibility index (Phi) is 6.90. The number of hydrazine groups is 1. The SMILES string of the molecule is C=CC1=CC[C@H]2C(=O)N(Nc3ccc(Cl)cc3Cl)C(=O)[C@@]2(c2ccc(OC)cc2)[C@H]1c1cc(Cl)ccc1O. The third kappa shape index (κ3) is 4.04. The van der Waals surface area contributed by atoms with Crippen molar-refractivity contribution in [3.05, 3.63) is 111 Å². The summed E-state index contributed by atoms with van der Waals surface area (Å²) in [5.41, 5.74) is 3.53. The number of nitrogens with one attached hydrogen (secondary N) is 1. The second kappa shape index (κ2) is 10.0. The molecule has 2 N–H and O–H groups in total. The second-order valence-corrected chi connectivity index (χ2v) is 10.4. The zero-order chi connectivity index (χ0) is 27.2. The highest BCUT2D eigenvalue weighted by Crippen LogP contribution is 2.59. The summed E-state index contributed by atoms with van der Waals surface area (Å²) in [6.45, 7) is 3.97. The summed E-state index contributed by atoms with van der Waals surface area (Å²) in [4.78, 5) is 28.6. The Labute approximate surface area is 235 Å². The highest BCUT2D eigenvalue weighted by molar-refractivity contribution is 6.36. The summed E-state index contributed by atoms with van der Waals surface area (Å²) in [5, 5.41) is 13.0. The average molecular weight is 570 g/mol. The Bertz CT molecular complexity index is 1490. The van der Waals surface area contributed by atoms with E-state index in [-0.39, 0.29) is 17.2 Å². The number of phenols is 1. The van der Waals surface area contributed by atoms with Gasteiger partial charge in [-0.2, -0.15) is 5.01 Å². The van der Waals surface area contributed by atoms with Gasteiger partial charge in [0.05, 0.1) is 29.2 Å². The third-order valence-electron chi connectivity index (χ3n) is 7.27. The first-order valence-electron chi connectivity index (χ1n) is 11.8. The van der Waals surface area contributed by atoms with Crippen molar-refractivity contribution in [2.75, 3.05) is 12.5 Å². The minimum Gasteiger partial charge on any atom is -0.508 e. The van der Waals surface area contributed by atoms with Gasteiger partial charge in [0.25, 0.3) is 11.8 Å². The molecule has 0 bridgehead atoms. The van der Waals surface area contributed by atoms with Crippen LogP contribution in [0.25, 0.3) is 0 Å². The van der Waals surface area contributed by atoms with E-state index in [9.17, 15) is 14.7 Å². The van der Waals surface area contributed by atoms with E-state index in [0.29, 0.717) is 38.2 Å². The van der Waals surface area contributed by atoms with Crippen molar-refractivity contribution < 1.29 is 19.4 Å². The number of allylic oxidation sites excluding steroid dienone is 3. The number of nitrogens with zero attached hydrogens (tertiary/aromatic N) is 1. The summed E-state index contributed by atoms with van der Waals surface area (Å²) >= 11 is 18.8. The van der Waals surface area contributed by atoms with Gasteiger partial charge >= 0.3 is 0 Å². The van der Waals surface area contributed by atoms with Crippen LogP contribution in [-0.2, 0) is 15.0 Å². The maximum atomic E-state index is 14.6. The first-order valence-corrected chi connectivity index (χ1v) is 12.9. The van der Waals surface area contributed by atoms with Gasteiger partial charge in [-0.25, -0.2) is 0 Å². The lowest BCUT2D eigenvalue weighted by Gasteiger charge is -2.43. The van der Waals surface area contributed by atoms with Crippen LogP contribution in [0.1, 0.15) is 23.5 Å². The number of imide groups is 1. The van der Waals surface area contributed by atoms with Crippen LogP contribution in [0.4, 0.5) is 5.69 Å². The van der Waals surface area contributed by atoms with Crippen molar-refractivity contribution in [2.24, 2.45) is 5.92 Å². The lowest BCUT2D eigenvalue weighted by Crippen LogP contribution is -2.48. The fourth-order valence-corrected chi connectivity index (χ4v) is 6.21. The van der Waals surface area contributed by atoms with Gasteiger partial charge in [-0.05, 0) is 66.1 Å². The summed E-state index contributed by atoms with van der Waals surface area (Å²) < 4.78 is 5.34. The Morgan fingerprint density at radius 1 is 1.05 bits per heavy atom. The molecule has 3 atom stereocenters. The topological polar surface area (TPSA) is 78.9 Å². The van der Waals surface area contributed by atoms with E-state index < -0.39 is 29.1 Å². The van der Waals surface area contributed by atoms with Crippen molar-refractivity contribution in [1.29, 1.82) is 0 Å². The number of anilines is 1. The molecule has 3 aromatic carbocycles. The van der Waals surface area contributed by atoms with Gasteiger partial charge in [0.2, 0.25) is 0 Å². The maximum Gasteiger partial charge on any atom is 0.260 e. The van der Waals surface area contributed by atoms with Crippen LogP contribution >= 0.6 is 34.8 Å². The average Bonchev–Trinajstić information content (AvgIpc) is 3.13. The van der Waals surface area contributed by atoms with Crippen molar-refractivity contribution in [1.82, 2.24) is 5.01 Å². The quantitative estimate of drug-likeness (QED) is 0.315. The summed E-state index contributed by atoms with van der Waals surface area (Å²) in [6.07, 6.45) is 3.81. The Balaban J connectivity index is 1.76. The zero-order valence-corrected chi connectivity index (χ0v) is 22.5. The number of amides is 2. The lowest BCUT2D eigenvalue weighted by atomic mass is 9.56. The number of carbonyl (C=O) groups is 2. The van der Waals surface area contributed by atoms with Crippen molar-refractivity contribution in [3.8, 4) is 11.5 Å². The molecule has 1 aliphatic heterocycles. The van der Waals surface area contributed by atoms with E-state index in [1.54, 1.807) is 61.7 Å². The molecule has 0 saturated carbocycles. The van der Waals surface area contributed by atoms with Crippen LogP contribution in [0.3, 0.4) is 0 Å². The Morgan fingerprint density at radius 3 is 2.39 bits per heavy atom. The molecule has 1 saturated heterocycles. The first-order chi connectivity index (χ1) is 18.2. The molecule has 38 heavy (non-hydrogen) atoms. The van der Waals surface area contributed by atoms with E-state index in [1.807, 2.05) is 6.08 Å². The van der Waals surface area contributed by atoms with Gasteiger partial charge in [-0.3, -0.25) is 15.0 Å². The first kappa shape index (κ1) is 26.2. The molecule has 1 fully saturated rings. The zero-order valence-electron chi connectivity index (χ0n) is 20.3. The molecule has 1 aliphatic carbocycles. The number of hydrogen-bond acceptors (Lipinski definition) is 5. The molecule has 3 aromatic rings. The van der Waals surface area contributed by atoms with Crippen molar-refractivity contribution in [3.63, 3.8) is 0 Å². The van der Waals surface area contributed by atoms with Crippen LogP contribution in [0.2, 0.25) is 15.1 Å². The standard InChI is InChI=1S/C29H23Cl3N2O4/c1-3-16-4-11-22-27(36)34(33-24-12-7-19(31)15-23(24)32)28(37)29(22,17-5-9-20(38-2)10-6-17)26(16)21-14-18(30)8-13-25(21)35/h3-10,12-15,22,26,33,35H,1,11H2,2H3/t22-,26+,29+/m0/s1. The number of methoxy groups -OCH3 is 1. The normalized spacial score (nSPS) is 22.6. The minimum atomic E-state index is -1.43. The molecule has 2 amide bonds. The largest absolute Gasteiger partial charge is 0.508 e. The molecule has 0 radical (unpaired) electrons. The molecule has 9 heteroatoms. The number of benzene rings is 3. The molecular formula is C29H23Cl3N2O4. The summed E-state index contributed by atoms with van der Waals surface area (Å²) in [5.74, 6) is -1.95. The number of aromatic hydroxyl groups is 1. The molecule has 5 rings (SSSR count). The predicted octanol–water partition coefficient (Wildman–Crippen LogP) is 6.91. The van der Waals surface area contributed by atoms with Gasteiger partial charge < -0.3 is 9.84 Å². The summed E-state index contributed by atoms with van der Waals surface area (Å²) in [6, 6.07) is 16.4. The number of hydrogen-bond donors (Lipinski definition) is 2. The van der Waals surface area contributed by atoms with Gasteiger partial charge in [0.1, 0.15) is 11.5 Å². The highest BCUT2D eigenvalue weighted by Gasteiger charge is 2.66. The van der Waals surface area contributed by atoms with E-state index in [1.165, 1.54) is 12.1 Å². The fourth-order valence-electron chi connectivity index (χ4n) is 5.58. The molecule has 0 aromatic heterocycles. The number of rotatable bonds is 6. The number of ether oxygens (including phenoxy) is 1. The molecule has 2 aliphatic rings. The molecule has 1 heterocycles. The van der Waals surface area contributed by atoms with Crippen LogP contribution in [0.5, 0.6) is 11.5 Å². The summed E-state index contributed by atoms with van der Waals surface area (Å²) in [7, 11) is 1.55. The molecule has 0 spiro atoms. The number of fused-ring (bicyclic) bond motifs is 1. The fraction of sp³-hybridized carbons (Fsp3) is 0.172. The van der Waals surface area contributed by atoms with E-state index in [4.69, 9.17) is 39.5 Å². The van der Waals surface area contributed by atoms with Crippen LogP contribution < -0.4 is 10.2 Å². The molecular weight excluding hydrogens is 547 g/mol. The number of carbonyl (C=O) groups excluding carboxylic acids is 2. The monoisotopic (exact) mass is 568 g/mol. The van der Waals surface area contributed by atoms with Gasteiger partial charge in [-0.1, -0.05) is 65.7 Å². The van der Waals surface area contributed by atoms with E-state index >= 15 is 0 Å². The lowest BCUT2D eigenvalue weighted by molar-refractivity contribution is -0.138. The van der Waals surface area contributed by atoms with Crippen molar-refractivity contribution in [2.45, 2.75) is 17.8 Å². The van der Waals surface area contributed by atoms with Crippen LogP contribution in [0.15, 0.2) is 85.0 Å². The molecule has 194 valence electrons. The minimum absolute atomic E-state index is 0.0481. The number of phenolic OH excluding ortho intramolecular Hbond substituents is 1. The van der Waals surface area contributed by atoms with Crippen LogP contribution in [0, 0.1) is 5.92 Å². The molecule has 0 unspecified atom stereocenters. The smallest absolute Gasteiger partial charge is 0.260 e.